The molecule has 8 heteroatoms. The van der Waals surface area contributed by atoms with Crippen LogP contribution in [-0.2, 0) is 13.0 Å². The lowest BCUT2D eigenvalue weighted by atomic mass is 10.1. The highest BCUT2D eigenvalue weighted by Crippen LogP contribution is 2.18. The van der Waals surface area contributed by atoms with Gasteiger partial charge in [-0.25, -0.2) is 9.59 Å². The van der Waals surface area contributed by atoms with Gasteiger partial charge in [0.1, 0.15) is 0 Å². The summed E-state index contributed by atoms with van der Waals surface area (Å²) in [6.07, 6.45) is 0.718. The molecular weight excluding hydrogens is 354 g/mol. The number of nitrogens with one attached hydrogen (secondary N) is 2. The van der Waals surface area contributed by atoms with E-state index in [2.05, 4.69) is 10.6 Å². The Morgan fingerprint density at radius 2 is 2.23 bits per heavy atom. The van der Waals surface area contributed by atoms with E-state index in [1.165, 1.54) is 9.44 Å². The van der Waals surface area contributed by atoms with Gasteiger partial charge in [-0.05, 0) is 36.9 Å². The molecule has 7 nitrogen and oxygen atoms in total. The third-order valence-corrected chi connectivity index (χ3v) is 5.02. The number of oxazole rings is 1. The first-order valence-electron chi connectivity index (χ1n) is 8.42. The average molecular weight is 375 g/mol. The molecule has 0 radical (unpaired) electrons. The molecule has 1 aromatic carbocycles. The summed E-state index contributed by atoms with van der Waals surface area (Å²) in [7, 11) is 0. The van der Waals surface area contributed by atoms with E-state index in [0.29, 0.717) is 29.9 Å². The van der Waals surface area contributed by atoms with Gasteiger partial charge in [0.15, 0.2) is 5.58 Å². The Morgan fingerprint density at radius 1 is 1.38 bits per heavy atom. The number of urea groups is 1. The molecule has 2 aromatic heterocycles. The number of aryl methyl sites for hydroxylation is 1. The lowest BCUT2D eigenvalue weighted by Gasteiger charge is -2.14. The summed E-state index contributed by atoms with van der Waals surface area (Å²) >= 11 is 1.63. The van der Waals surface area contributed by atoms with Crippen molar-refractivity contribution in [2.24, 2.45) is 5.92 Å². The van der Waals surface area contributed by atoms with Gasteiger partial charge < -0.3 is 20.2 Å². The molecule has 0 aliphatic heterocycles. The van der Waals surface area contributed by atoms with Crippen LogP contribution in [0, 0.1) is 5.92 Å². The number of aliphatic hydroxyl groups excluding tert-OH is 1. The second kappa shape index (κ2) is 8.20. The summed E-state index contributed by atoms with van der Waals surface area (Å²) in [5.41, 5.74) is 1.66. The van der Waals surface area contributed by atoms with E-state index in [-0.39, 0.29) is 18.6 Å². The molecule has 0 spiro atoms. The molecule has 0 bridgehead atoms. The number of hydrogen-bond acceptors (Lipinski definition) is 5. The van der Waals surface area contributed by atoms with E-state index in [9.17, 15) is 14.7 Å². The molecular formula is C18H21N3O4S. The monoisotopic (exact) mass is 375 g/mol. The minimum absolute atomic E-state index is 0.000169. The number of anilines is 1. The molecule has 0 aliphatic carbocycles. The van der Waals surface area contributed by atoms with Crippen LogP contribution in [0.15, 0.2) is 44.9 Å². The Labute approximate surface area is 154 Å². The fourth-order valence-electron chi connectivity index (χ4n) is 2.77. The number of amides is 2. The van der Waals surface area contributed by atoms with Gasteiger partial charge in [0, 0.05) is 42.2 Å². The van der Waals surface area contributed by atoms with Crippen LogP contribution in [0.4, 0.5) is 10.5 Å². The zero-order chi connectivity index (χ0) is 18.5. The van der Waals surface area contributed by atoms with Gasteiger partial charge in [-0.2, -0.15) is 0 Å². The largest absolute Gasteiger partial charge is 0.419 e. The van der Waals surface area contributed by atoms with Gasteiger partial charge in [0.05, 0.1) is 5.52 Å². The number of nitrogens with zero attached hydrogens (tertiary/aromatic N) is 1. The van der Waals surface area contributed by atoms with E-state index < -0.39 is 5.76 Å². The third-order valence-electron chi connectivity index (χ3n) is 4.12. The van der Waals surface area contributed by atoms with Crippen molar-refractivity contribution < 1.29 is 14.3 Å². The number of rotatable bonds is 7. The van der Waals surface area contributed by atoms with Crippen molar-refractivity contribution in [2.75, 3.05) is 18.5 Å². The van der Waals surface area contributed by atoms with Crippen molar-refractivity contribution in [1.82, 2.24) is 9.88 Å². The van der Waals surface area contributed by atoms with Crippen molar-refractivity contribution in [3.63, 3.8) is 0 Å². The van der Waals surface area contributed by atoms with Gasteiger partial charge >= 0.3 is 11.8 Å². The number of carbonyl (C=O) groups excluding carboxylic acids is 1. The van der Waals surface area contributed by atoms with Gasteiger partial charge in [0.25, 0.3) is 0 Å². The Bertz CT molecular complexity index is 930. The summed E-state index contributed by atoms with van der Waals surface area (Å²) in [6, 6.07) is 8.70. The Hall–Kier alpha value is -2.58. The molecule has 2 heterocycles. The zero-order valence-electron chi connectivity index (χ0n) is 14.4. The van der Waals surface area contributed by atoms with Crippen LogP contribution >= 0.6 is 11.3 Å². The maximum Gasteiger partial charge on any atom is 0.419 e. The number of hydrogen-bond donors (Lipinski definition) is 3. The molecule has 138 valence electrons. The molecule has 3 aromatic rings. The normalized spacial score (nSPS) is 12.2. The minimum atomic E-state index is -0.413. The summed E-state index contributed by atoms with van der Waals surface area (Å²) in [5, 5.41) is 17.0. The number of aliphatic hydroxyl groups is 1. The molecule has 26 heavy (non-hydrogen) atoms. The zero-order valence-corrected chi connectivity index (χ0v) is 15.2. The topological polar surface area (TPSA) is 96.5 Å². The van der Waals surface area contributed by atoms with Gasteiger partial charge in [0.2, 0.25) is 0 Å². The molecule has 1 atom stereocenters. The van der Waals surface area contributed by atoms with Crippen LogP contribution in [-0.4, -0.2) is 28.9 Å². The molecule has 0 aliphatic rings. The van der Waals surface area contributed by atoms with E-state index in [4.69, 9.17) is 4.42 Å². The first-order valence-corrected chi connectivity index (χ1v) is 9.30. The predicted molar refractivity (Wildman–Crippen MR) is 102 cm³/mol. The van der Waals surface area contributed by atoms with Crippen molar-refractivity contribution >= 4 is 34.2 Å². The van der Waals surface area contributed by atoms with Crippen LogP contribution in [0.3, 0.4) is 0 Å². The van der Waals surface area contributed by atoms with E-state index in [0.717, 1.165) is 6.42 Å². The smallest absolute Gasteiger partial charge is 0.408 e. The quantitative estimate of drug-likeness (QED) is 0.591. The molecule has 0 fully saturated rings. The molecule has 3 rings (SSSR count). The molecule has 0 saturated heterocycles. The number of fused-ring (bicyclic) bond motifs is 1. The van der Waals surface area contributed by atoms with Crippen LogP contribution in [0.5, 0.6) is 0 Å². The fourth-order valence-corrected chi connectivity index (χ4v) is 3.59. The number of thiophene rings is 1. The first kappa shape index (κ1) is 18.2. The number of benzene rings is 1. The van der Waals surface area contributed by atoms with E-state index in [1.807, 2.05) is 24.4 Å². The maximum atomic E-state index is 12.1. The SMILES string of the molecule is CCn1c(=O)oc2cc(NC(=O)NC[C@@H](CO)Cc3cccs3)ccc21. The molecule has 3 N–H and O–H groups in total. The number of carbonyl (C=O) groups is 1. The molecule has 0 unspecified atom stereocenters. The van der Waals surface area contributed by atoms with Crippen LogP contribution in [0.1, 0.15) is 11.8 Å². The van der Waals surface area contributed by atoms with Gasteiger partial charge in [-0.15, -0.1) is 11.3 Å². The Balaban J connectivity index is 1.59. The number of aromatic nitrogens is 1. The first-order chi connectivity index (χ1) is 12.6. The van der Waals surface area contributed by atoms with Gasteiger partial charge in [-0.1, -0.05) is 6.07 Å². The standard InChI is InChI=1S/C18H21N3O4S/c1-2-21-15-6-5-13(9-16(15)25-18(21)24)20-17(23)19-10-12(11-22)8-14-4-3-7-26-14/h3-7,9,12,22H,2,8,10-11H2,1H3,(H2,19,20,23)/t12-/m0/s1. The van der Waals surface area contributed by atoms with Crippen molar-refractivity contribution in [3.8, 4) is 0 Å². The predicted octanol–water partition coefficient (Wildman–Crippen LogP) is 2.65. The van der Waals surface area contributed by atoms with Crippen LogP contribution in [0.25, 0.3) is 11.1 Å². The molecule has 2 amide bonds. The molecule has 0 saturated carbocycles. The lowest BCUT2D eigenvalue weighted by molar-refractivity contribution is 0.218. The highest BCUT2D eigenvalue weighted by atomic mass is 32.1. The average Bonchev–Trinajstić information content (AvgIpc) is 3.24. The van der Waals surface area contributed by atoms with Crippen molar-refractivity contribution in [1.29, 1.82) is 0 Å². The van der Waals surface area contributed by atoms with Crippen LogP contribution in [0.2, 0.25) is 0 Å². The second-order valence-electron chi connectivity index (χ2n) is 5.96. The summed E-state index contributed by atoms with van der Waals surface area (Å²) in [5.74, 6) is -0.457. The lowest BCUT2D eigenvalue weighted by Crippen LogP contribution is -2.34. The third kappa shape index (κ3) is 4.14. The minimum Gasteiger partial charge on any atom is -0.408 e. The van der Waals surface area contributed by atoms with Gasteiger partial charge in [-0.3, -0.25) is 4.57 Å². The maximum absolute atomic E-state index is 12.1. The highest BCUT2D eigenvalue weighted by Gasteiger charge is 2.13. The Morgan fingerprint density at radius 3 is 2.92 bits per heavy atom. The summed E-state index contributed by atoms with van der Waals surface area (Å²) in [6.45, 7) is 2.75. The fraction of sp³-hybridized carbons (Fsp3) is 0.333. The Kier molecular flexibility index (Phi) is 5.75. The second-order valence-corrected chi connectivity index (χ2v) is 6.99. The highest BCUT2D eigenvalue weighted by molar-refractivity contribution is 7.09. The van der Waals surface area contributed by atoms with Crippen molar-refractivity contribution in [3.05, 3.63) is 51.1 Å². The summed E-state index contributed by atoms with van der Waals surface area (Å²) in [4.78, 5) is 25.0. The van der Waals surface area contributed by atoms with E-state index in [1.54, 1.807) is 29.5 Å². The summed E-state index contributed by atoms with van der Waals surface area (Å²) < 4.78 is 6.71. The van der Waals surface area contributed by atoms with Crippen LogP contribution < -0.4 is 16.4 Å². The van der Waals surface area contributed by atoms with E-state index >= 15 is 0 Å². The van der Waals surface area contributed by atoms with Crippen molar-refractivity contribution in [2.45, 2.75) is 19.9 Å².